The van der Waals surface area contributed by atoms with E-state index in [0.29, 0.717) is 25.3 Å². The number of hydrogen-bond donors (Lipinski definition) is 1. The highest BCUT2D eigenvalue weighted by Crippen LogP contribution is 2.29. The molecular weight excluding hydrogens is 372 g/mol. The van der Waals surface area contributed by atoms with Gasteiger partial charge in [-0.1, -0.05) is 13.8 Å². The number of rotatable bonds is 5. The highest BCUT2D eigenvalue weighted by Gasteiger charge is 2.29. The molecular formula is C20H24N6O3. The number of aryl methyl sites for hydroxylation is 2. The van der Waals surface area contributed by atoms with Crippen molar-refractivity contribution in [2.75, 3.05) is 23.8 Å². The Bertz CT molecular complexity index is 1130. The fraction of sp³-hybridized carbons (Fsp3) is 0.400. The number of amides is 1. The summed E-state index contributed by atoms with van der Waals surface area (Å²) in [6.45, 7) is 5.98. The predicted octanol–water partition coefficient (Wildman–Crippen LogP) is 2.03. The first-order valence-electron chi connectivity index (χ1n) is 9.85. The molecule has 9 nitrogen and oxygen atoms in total. The first-order chi connectivity index (χ1) is 14.1. The van der Waals surface area contributed by atoms with Gasteiger partial charge in [0, 0.05) is 18.8 Å². The number of nitrogens with zero attached hydrogens (tertiary/aromatic N) is 5. The lowest BCUT2D eigenvalue weighted by Gasteiger charge is -2.20. The largest absolute Gasteiger partial charge is 0.475 e. The second-order valence-electron chi connectivity index (χ2n) is 7.00. The normalized spacial score (nSPS) is 14.0. The molecule has 0 bridgehead atoms. The summed E-state index contributed by atoms with van der Waals surface area (Å²) in [7, 11) is 0. The number of nitrogen functional groups attached to an aromatic ring is 1. The quantitative estimate of drug-likeness (QED) is 0.707. The van der Waals surface area contributed by atoms with E-state index in [4.69, 9.17) is 10.5 Å². The highest BCUT2D eigenvalue weighted by atomic mass is 16.5. The van der Waals surface area contributed by atoms with Gasteiger partial charge in [-0.3, -0.25) is 13.9 Å². The van der Waals surface area contributed by atoms with E-state index in [1.807, 2.05) is 32.0 Å². The van der Waals surface area contributed by atoms with Crippen LogP contribution < -0.4 is 21.1 Å². The van der Waals surface area contributed by atoms with Crippen LogP contribution in [0.25, 0.3) is 11.0 Å². The Kier molecular flexibility index (Phi) is 4.96. The summed E-state index contributed by atoms with van der Waals surface area (Å²) in [5.41, 5.74) is 8.44. The molecule has 2 N–H and O–H groups in total. The number of carbonyl (C=O) groups excluding carboxylic acids is 1. The molecule has 1 aliphatic rings. The maximum absolute atomic E-state index is 13.2. The average molecular weight is 396 g/mol. The van der Waals surface area contributed by atoms with Crippen molar-refractivity contribution in [3.63, 3.8) is 0 Å². The van der Waals surface area contributed by atoms with Crippen molar-refractivity contribution >= 4 is 28.4 Å². The first-order valence-corrected chi connectivity index (χ1v) is 9.85. The summed E-state index contributed by atoms with van der Waals surface area (Å²) in [4.78, 5) is 35.6. The monoisotopic (exact) mass is 396 g/mol. The molecule has 2 aromatic heterocycles. The second-order valence-corrected chi connectivity index (χ2v) is 7.00. The fourth-order valence-corrected chi connectivity index (χ4v) is 3.76. The van der Waals surface area contributed by atoms with Crippen LogP contribution in [-0.2, 0) is 13.1 Å². The van der Waals surface area contributed by atoms with Gasteiger partial charge in [0.05, 0.1) is 17.6 Å². The van der Waals surface area contributed by atoms with E-state index < -0.39 is 0 Å². The van der Waals surface area contributed by atoms with E-state index in [0.717, 1.165) is 23.9 Å². The van der Waals surface area contributed by atoms with Crippen LogP contribution in [0, 0.1) is 0 Å². The van der Waals surface area contributed by atoms with Gasteiger partial charge in [-0.05, 0) is 31.0 Å². The number of fused-ring (bicyclic) bond motifs is 2. The Morgan fingerprint density at radius 2 is 1.79 bits per heavy atom. The highest BCUT2D eigenvalue weighted by molar-refractivity contribution is 6.11. The van der Waals surface area contributed by atoms with Crippen molar-refractivity contribution in [3.05, 3.63) is 40.6 Å². The van der Waals surface area contributed by atoms with Gasteiger partial charge in [-0.15, -0.1) is 0 Å². The molecule has 0 unspecified atom stereocenters. The summed E-state index contributed by atoms with van der Waals surface area (Å²) >= 11 is 0. The van der Waals surface area contributed by atoms with Crippen molar-refractivity contribution < 1.29 is 9.53 Å². The van der Waals surface area contributed by atoms with E-state index >= 15 is 0 Å². The fourth-order valence-electron chi connectivity index (χ4n) is 3.76. The molecule has 0 radical (unpaired) electrons. The molecule has 0 aliphatic carbocycles. The minimum absolute atomic E-state index is 0.0191. The van der Waals surface area contributed by atoms with Crippen LogP contribution in [0.4, 0.5) is 11.5 Å². The number of aromatic nitrogens is 4. The second kappa shape index (κ2) is 7.57. The third-order valence-corrected chi connectivity index (χ3v) is 5.06. The molecule has 9 heteroatoms. The number of benzene rings is 1. The Hall–Kier alpha value is -3.36. The lowest BCUT2D eigenvalue weighted by Crippen LogP contribution is -2.32. The van der Waals surface area contributed by atoms with Gasteiger partial charge < -0.3 is 15.4 Å². The van der Waals surface area contributed by atoms with Crippen molar-refractivity contribution in [1.29, 1.82) is 0 Å². The van der Waals surface area contributed by atoms with Gasteiger partial charge in [0.1, 0.15) is 24.3 Å². The molecule has 0 saturated carbocycles. The van der Waals surface area contributed by atoms with E-state index in [1.165, 1.54) is 6.33 Å². The summed E-state index contributed by atoms with van der Waals surface area (Å²) in [6, 6.07) is 5.65. The predicted molar refractivity (Wildman–Crippen MR) is 110 cm³/mol. The van der Waals surface area contributed by atoms with E-state index in [9.17, 15) is 9.59 Å². The van der Waals surface area contributed by atoms with E-state index in [-0.39, 0.29) is 35.5 Å². The Morgan fingerprint density at radius 3 is 2.52 bits per heavy atom. The van der Waals surface area contributed by atoms with Crippen LogP contribution in [0.3, 0.4) is 0 Å². The number of carbonyl (C=O) groups is 1. The Balaban J connectivity index is 1.84. The SMILES string of the molecule is CCCn1c(=O)n(CCC)c2cc(N3CCOc4ncnc(N)c4C3=O)ccc21. The van der Waals surface area contributed by atoms with Crippen molar-refractivity contribution in [3.8, 4) is 5.88 Å². The summed E-state index contributed by atoms with van der Waals surface area (Å²) < 4.78 is 9.17. The number of imidazole rings is 1. The maximum Gasteiger partial charge on any atom is 0.329 e. The first kappa shape index (κ1) is 19.0. The van der Waals surface area contributed by atoms with Crippen LogP contribution >= 0.6 is 0 Å². The van der Waals surface area contributed by atoms with Gasteiger partial charge >= 0.3 is 5.69 Å². The van der Waals surface area contributed by atoms with E-state index in [2.05, 4.69) is 9.97 Å². The van der Waals surface area contributed by atoms with Crippen LogP contribution in [-0.4, -0.2) is 38.2 Å². The lowest BCUT2D eigenvalue weighted by atomic mass is 10.2. The van der Waals surface area contributed by atoms with Gasteiger partial charge in [-0.2, -0.15) is 0 Å². The molecule has 1 aliphatic heterocycles. The lowest BCUT2D eigenvalue weighted by molar-refractivity contribution is 0.0990. The molecule has 1 aromatic carbocycles. The van der Waals surface area contributed by atoms with Gasteiger partial charge in [0.25, 0.3) is 5.91 Å². The summed E-state index contributed by atoms with van der Waals surface area (Å²) in [6.07, 6.45) is 2.99. The molecule has 29 heavy (non-hydrogen) atoms. The van der Waals surface area contributed by atoms with Crippen LogP contribution in [0.15, 0.2) is 29.3 Å². The van der Waals surface area contributed by atoms with Gasteiger partial charge in [0.2, 0.25) is 5.88 Å². The van der Waals surface area contributed by atoms with Gasteiger partial charge in [0.15, 0.2) is 0 Å². The third-order valence-electron chi connectivity index (χ3n) is 5.06. The maximum atomic E-state index is 13.2. The molecule has 3 heterocycles. The average Bonchev–Trinajstić information content (AvgIpc) is 2.85. The number of ether oxygens (including phenoxy) is 1. The zero-order valence-corrected chi connectivity index (χ0v) is 16.6. The minimum Gasteiger partial charge on any atom is -0.475 e. The summed E-state index contributed by atoms with van der Waals surface area (Å²) in [5.74, 6) is -0.0274. The standard InChI is InChI=1S/C20H24N6O3/c1-3-7-25-14-6-5-13(11-15(14)26(8-4-2)20(25)28)24-9-10-29-18-16(19(24)27)17(21)22-12-23-18/h5-6,11-12H,3-4,7-10H2,1-2H3,(H2,21,22,23). The molecule has 0 saturated heterocycles. The van der Waals surface area contributed by atoms with Crippen LogP contribution in [0.5, 0.6) is 5.88 Å². The number of hydrogen-bond acceptors (Lipinski definition) is 6. The zero-order chi connectivity index (χ0) is 20.5. The van der Waals surface area contributed by atoms with Crippen molar-refractivity contribution in [2.45, 2.75) is 39.8 Å². The molecule has 0 atom stereocenters. The Labute approximate surface area is 167 Å². The molecule has 1 amide bonds. The molecule has 0 spiro atoms. The minimum atomic E-state index is -0.313. The molecule has 152 valence electrons. The number of anilines is 2. The zero-order valence-electron chi connectivity index (χ0n) is 16.6. The summed E-state index contributed by atoms with van der Waals surface area (Å²) in [5, 5.41) is 0. The number of nitrogens with two attached hydrogens (primary N) is 1. The molecule has 3 aromatic rings. The van der Waals surface area contributed by atoms with Crippen LogP contribution in [0.1, 0.15) is 37.0 Å². The van der Waals surface area contributed by atoms with E-state index in [1.54, 1.807) is 14.0 Å². The van der Waals surface area contributed by atoms with Crippen LogP contribution in [0.2, 0.25) is 0 Å². The third kappa shape index (κ3) is 3.12. The van der Waals surface area contributed by atoms with Gasteiger partial charge in [-0.25, -0.2) is 14.8 Å². The topological polar surface area (TPSA) is 108 Å². The van der Waals surface area contributed by atoms with Crippen molar-refractivity contribution in [2.24, 2.45) is 0 Å². The molecule has 0 fully saturated rings. The molecule has 4 rings (SSSR count). The smallest absolute Gasteiger partial charge is 0.329 e. The van der Waals surface area contributed by atoms with Crippen molar-refractivity contribution in [1.82, 2.24) is 19.1 Å². The Morgan fingerprint density at radius 1 is 1.07 bits per heavy atom.